The molecule has 0 heterocycles. The Morgan fingerprint density at radius 2 is 1.30 bits per heavy atom. The van der Waals surface area contributed by atoms with Crippen LogP contribution in [0.4, 0.5) is 0 Å². The number of carbonyl (C=O) groups is 5. The van der Waals surface area contributed by atoms with Gasteiger partial charge in [0.2, 0.25) is 5.79 Å². The van der Waals surface area contributed by atoms with Gasteiger partial charge < -0.3 is 49.0 Å². The molecule has 1 N–H and O–H groups in total. The molecule has 0 aromatic rings. The maximum absolute atomic E-state index is 11.9. The van der Waals surface area contributed by atoms with Crippen LogP contribution in [0.25, 0.3) is 0 Å². The van der Waals surface area contributed by atoms with E-state index in [9.17, 15) is 44.4 Å². The fourth-order valence-electron chi connectivity index (χ4n) is 2.45. The first-order valence-corrected chi connectivity index (χ1v) is 9.93. The number of ketones is 1. The third-order valence-electron chi connectivity index (χ3n) is 3.61. The van der Waals surface area contributed by atoms with E-state index in [1.54, 1.807) is 34.6 Å². The molecule has 12 nitrogen and oxygen atoms in total. The van der Waals surface area contributed by atoms with Crippen LogP contribution >= 0.6 is 0 Å². The van der Waals surface area contributed by atoms with E-state index in [1.165, 1.54) is 6.92 Å². The number of carbonyl (C=O) groups excluding carboxylic acids is 5. The van der Waals surface area contributed by atoms with Gasteiger partial charge in [0.05, 0.1) is 37.6 Å². The van der Waals surface area contributed by atoms with Gasteiger partial charge in [-0.05, 0) is 34.6 Å². The number of carboxylic acid groups (broad SMARTS) is 3. The molecule has 0 rings (SSSR count). The second-order valence-electron chi connectivity index (χ2n) is 7.26. The van der Waals surface area contributed by atoms with Crippen LogP contribution in [0.15, 0.2) is 0 Å². The summed E-state index contributed by atoms with van der Waals surface area (Å²) in [6.07, 6.45) is -3.13. The molecule has 13 heteroatoms. The Morgan fingerprint density at radius 3 is 1.58 bits per heavy atom. The Bertz CT molecular complexity index is 651. The van der Waals surface area contributed by atoms with Gasteiger partial charge in [0.25, 0.3) is 0 Å². The Kier molecular flexibility index (Phi) is 18.1. The molecule has 0 aliphatic heterocycles. The summed E-state index contributed by atoms with van der Waals surface area (Å²) in [5, 5.41) is 40.4. The zero-order valence-corrected chi connectivity index (χ0v) is 21.2. The maximum atomic E-state index is 11.9. The third kappa shape index (κ3) is 14.8. The van der Waals surface area contributed by atoms with Crippen LogP contribution < -0.4 is 15.3 Å². The van der Waals surface area contributed by atoms with Crippen molar-refractivity contribution in [3.05, 3.63) is 0 Å². The van der Waals surface area contributed by atoms with Gasteiger partial charge in [0.1, 0.15) is 5.60 Å². The van der Waals surface area contributed by atoms with E-state index < -0.39 is 60.3 Å². The van der Waals surface area contributed by atoms with Gasteiger partial charge in [0, 0.05) is 24.8 Å². The molecule has 187 valence electrons. The molecular weight excluding hydrogens is 480 g/mol. The molecule has 1 atom stereocenters. The predicted octanol–water partition coefficient (Wildman–Crippen LogP) is -2.79. The Morgan fingerprint density at radius 1 is 0.848 bits per heavy atom. The van der Waals surface area contributed by atoms with E-state index in [0.29, 0.717) is 0 Å². The van der Waals surface area contributed by atoms with E-state index >= 15 is 0 Å². The molecule has 0 aliphatic rings. The summed E-state index contributed by atoms with van der Waals surface area (Å²) in [7, 11) is 0. The van der Waals surface area contributed by atoms with Crippen LogP contribution in [-0.4, -0.2) is 65.0 Å². The molecule has 0 amide bonds. The average Bonchev–Trinajstić information content (AvgIpc) is 2.59. The number of Topliss-reactive ketones (excluding diaryl/α,β-unsaturated/α-hetero) is 1. The van der Waals surface area contributed by atoms with Crippen molar-refractivity contribution in [3.8, 4) is 0 Å². The van der Waals surface area contributed by atoms with Crippen LogP contribution in [-0.2, 0) is 59.9 Å². The van der Waals surface area contributed by atoms with Crippen molar-refractivity contribution >= 4 is 29.7 Å². The maximum Gasteiger partial charge on any atom is 3.00 e. The minimum Gasteiger partial charge on any atom is -0.550 e. The van der Waals surface area contributed by atoms with Crippen LogP contribution in [0.3, 0.4) is 0 Å². The summed E-state index contributed by atoms with van der Waals surface area (Å²) in [6, 6.07) is 0. The van der Waals surface area contributed by atoms with Crippen molar-refractivity contribution in [2.75, 3.05) is 6.61 Å². The molecule has 0 aliphatic carbocycles. The van der Waals surface area contributed by atoms with Crippen molar-refractivity contribution in [2.45, 2.75) is 90.8 Å². The molecular formula is C20H31O12Ti. The number of ether oxygens (including phenoxy) is 3. The monoisotopic (exact) mass is 511 g/mol. The van der Waals surface area contributed by atoms with E-state index in [-0.39, 0.29) is 47.0 Å². The standard InChI is InChI=1S/C12H22O5.C8H12O7.Ti/c1-6-12(16-8(2)3,17-9(4)5)10(13)7-11(14)15;1-2-15-6(11)4-8(14,7(12)13)3-5(9)10;/h8-9H,6-7H2,1-5H3,(H,14,15);14H,2-4H2,1H3,(H,9,10)(H,12,13);/q;;+3/p-3. The van der Waals surface area contributed by atoms with Crippen molar-refractivity contribution in [1.29, 1.82) is 0 Å². The van der Waals surface area contributed by atoms with Crippen molar-refractivity contribution in [3.63, 3.8) is 0 Å². The quantitative estimate of drug-likeness (QED) is 0.109. The number of aliphatic carboxylic acids is 3. The zero-order chi connectivity index (χ0) is 25.7. The molecule has 1 unspecified atom stereocenters. The van der Waals surface area contributed by atoms with Crippen LogP contribution in [0.5, 0.6) is 0 Å². The minimum absolute atomic E-state index is 0. The molecule has 33 heavy (non-hydrogen) atoms. The van der Waals surface area contributed by atoms with Crippen molar-refractivity contribution in [1.82, 2.24) is 0 Å². The van der Waals surface area contributed by atoms with Crippen LogP contribution in [0, 0.1) is 0 Å². The minimum atomic E-state index is -2.79. The summed E-state index contributed by atoms with van der Waals surface area (Å²) in [4.78, 5) is 53.8. The third-order valence-corrected chi connectivity index (χ3v) is 3.61. The van der Waals surface area contributed by atoms with E-state index in [1.807, 2.05) is 0 Å². The Balaban J connectivity index is -0.000000533. The number of hydrogen-bond donors (Lipinski definition) is 1. The molecule has 0 fully saturated rings. The van der Waals surface area contributed by atoms with Crippen LogP contribution in [0.1, 0.15) is 67.2 Å². The van der Waals surface area contributed by atoms with E-state index in [4.69, 9.17) is 9.47 Å². The first-order valence-electron chi connectivity index (χ1n) is 9.93. The van der Waals surface area contributed by atoms with Crippen molar-refractivity contribution in [2.24, 2.45) is 0 Å². The second-order valence-corrected chi connectivity index (χ2v) is 7.26. The predicted molar refractivity (Wildman–Crippen MR) is 101 cm³/mol. The van der Waals surface area contributed by atoms with E-state index in [2.05, 4.69) is 4.74 Å². The molecule has 1 radical (unpaired) electrons. The fraction of sp³-hybridized carbons (Fsp3) is 0.750. The average molecular weight is 511 g/mol. The smallest absolute Gasteiger partial charge is 0.550 e. The normalized spacial score (nSPS) is 12.6. The molecule has 0 bridgehead atoms. The Labute approximate surface area is 207 Å². The van der Waals surface area contributed by atoms with Gasteiger partial charge in [-0.15, -0.1) is 0 Å². The first kappa shape index (κ1) is 35.7. The van der Waals surface area contributed by atoms with Gasteiger partial charge in [-0.1, -0.05) is 6.92 Å². The fourth-order valence-corrected chi connectivity index (χ4v) is 2.45. The molecule has 0 saturated heterocycles. The summed E-state index contributed by atoms with van der Waals surface area (Å²) >= 11 is 0. The number of carboxylic acids is 3. The molecule has 0 spiro atoms. The number of esters is 1. The van der Waals surface area contributed by atoms with Gasteiger partial charge >= 0.3 is 27.7 Å². The van der Waals surface area contributed by atoms with E-state index in [0.717, 1.165) is 0 Å². The number of hydrogen-bond acceptors (Lipinski definition) is 12. The number of aliphatic hydroxyl groups is 1. The molecule has 0 saturated carbocycles. The van der Waals surface area contributed by atoms with Crippen molar-refractivity contribution < 1.29 is 80.3 Å². The first-order chi connectivity index (χ1) is 14.5. The Hall–Kier alpha value is -1.86. The summed E-state index contributed by atoms with van der Waals surface area (Å²) in [6.45, 7) is 10.3. The molecule has 0 aromatic heterocycles. The number of rotatable bonds is 14. The summed E-state index contributed by atoms with van der Waals surface area (Å²) < 4.78 is 15.4. The van der Waals surface area contributed by atoms with Gasteiger partial charge in [-0.3, -0.25) is 9.59 Å². The second kappa shape index (κ2) is 16.7. The van der Waals surface area contributed by atoms with Gasteiger partial charge in [0.15, 0.2) is 5.78 Å². The summed E-state index contributed by atoms with van der Waals surface area (Å²) in [5.41, 5.74) is -2.79. The van der Waals surface area contributed by atoms with Gasteiger partial charge in [-0.2, -0.15) is 0 Å². The summed E-state index contributed by atoms with van der Waals surface area (Å²) in [5.74, 6) is -8.39. The largest absolute Gasteiger partial charge is 3.00 e. The van der Waals surface area contributed by atoms with Crippen LogP contribution in [0.2, 0.25) is 0 Å². The SMILES string of the molecule is CCC(OC(C)C)(OC(C)C)C(=O)CC(=O)[O-].CCOC(=O)CC(O)(CC(=O)[O-])C(=O)[O-].[Ti+3]. The van der Waals surface area contributed by atoms with Gasteiger partial charge in [-0.25, -0.2) is 0 Å². The zero-order valence-electron chi connectivity index (χ0n) is 19.6. The topological polar surface area (TPSA) is 202 Å². The molecule has 0 aromatic carbocycles.